The van der Waals surface area contributed by atoms with Gasteiger partial charge in [-0.25, -0.2) is 13.6 Å². The van der Waals surface area contributed by atoms with Gasteiger partial charge in [-0.3, -0.25) is 19.2 Å². The number of aliphatic hydroxyl groups is 2. The van der Waals surface area contributed by atoms with Gasteiger partial charge in [-0.15, -0.1) is 0 Å². The monoisotopic (exact) mass is 863 g/mol. The van der Waals surface area contributed by atoms with Crippen LogP contribution in [0.4, 0.5) is 19.3 Å². The molecule has 3 aliphatic carbocycles. The number of carbonyl (C=O) groups excluding carboxylic acids is 5. The Morgan fingerprint density at radius 1 is 1.00 bits per heavy atom. The molecule has 1 saturated heterocycles. The van der Waals surface area contributed by atoms with Gasteiger partial charge in [-0.2, -0.15) is 0 Å². The highest BCUT2D eigenvalue weighted by Crippen LogP contribution is 2.63. The summed E-state index contributed by atoms with van der Waals surface area (Å²) in [6.07, 6.45) is -0.984. The maximum absolute atomic E-state index is 17.6. The molecular weight excluding hydrogens is 805 g/mol. The van der Waals surface area contributed by atoms with E-state index in [0.29, 0.717) is 24.1 Å². The molecule has 15 heteroatoms. The highest BCUT2D eigenvalue weighted by atomic mass is 19.1. The number of hydrogen-bond acceptors (Lipinski definition) is 10. The van der Waals surface area contributed by atoms with Crippen molar-refractivity contribution in [3.05, 3.63) is 89.0 Å². The van der Waals surface area contributed by atoms with Crippen LogP contribution in [0.15, 0.2) is 72.3 Å². The highest BCUT2D eigenvalue weighted by Gasteiger charge is 2.67. The third-order valence-corrected chi connectivity index (χ3v) is 13.0. The van der Waals surface area contributed by atoms with Crippen molar-refractivity contribution in [1.82, 2.24) is 10.6 Å². The molecule has 2 aromatic carbocycles. The predicted octanol–water partition coefficient (Wildman–Crippen LogP) is 6.06. The van der Waals surface area contributed by atoms with E-state index in [-0.39, 0.29) is 31.3 Å². The molecule has 1 aliphatic heterocycles. The molecular formula is C47H59F2N3O10. The van der Waals surface area contributed by atoms with Crippen molar-refractivity contribution in [3.63, 3.8) is 0 Å². The second kappa shape index (κ2) is 18.1. The maximum atomic E-state index is 17.6. The molecule has 0 bridgehead atoms. The normalized spacial score (nSPS) is 31.5. The number of allylic oxidation sites excluding steroid dienone is 4. The number of alkyl halides is 2. The number of rotatable bonds is 13. The van der Waals surface area contributed by atoms with Crippen LogP contribution in [0.1, 0.15) is 104 Å². The van der Waals surface area contributed by atoms with Crippen LogP contribution in [-0.2, 0) is 39.8 Å². The number of halogens is 2. The van der Waals surface area contributed by atoms with Crippen LogP contribution >= 0.6 is 0 Å². The number of ether oxygens (including phenoxy) is 3. The molecule has 4 unspecified atom stereocenters. The van der Waals surface area contributed by atoms with Gasteiger partial charge in [0.15, 0.2) is 29.1 Å². The number of ketones is 2. The number of benzene rings is 2. The van der Waals surface area contributed by atoms with Crippen molar-refractivity contribution >= 4 is 35.2 Å². The minimum Gasteiger partial charge on any atom is -0.444 e. The summed E-state index contributed by atoms with van der Waals surface area (Å²) >= 11 is 0. The molecule has 0 aromatic heterocycles. The molecule has 5 N–H and O–H groups in total. The van der Waals surface area contributed by atoms with E-state index in [1.54, 1.807) is 39.8 Å². The lowest BCUT2D eigenvalue weighted by Gasteiger charge is -2.59. The number of Topliss-reactive ketones (excluding diaryl/α,β-unsaturated/α-hetero) is 1. The van der Waals surface area contributed by atoms with Gasteiger partial charge in [0.05, 0.1) is 12.2 Å². The Morgan fingerprint density at radius 3 is 2.35 bits per heavy atom. The number of amides is 3. The van der Waals surface area contributed by atoms with E-state index in [4.69, 9.17) is 14.2 Å². The van der Waals surface area contributed by atoms with Gasteiger partial charge in [0.2, 0.25) is 11.8 Å². The Labute approximate surface area is 361 Å². The zero-order valence-electron chi connectivity index (χ0n) is 36.3. The van der Waals surface area contributed by atoms with E-state index in [2.05, 4.69) is 16.0 Å². The SMILES string of the molecule is CC[C@]1(C(=O)CO)OC(c2ccc(Cc3cccc(NC(=O)[C@H](C)NC(=O)[C@H](C)NC(=O)OC(C)(C)C)c3)cc2)O[C@@H]1C[C@@H]1CCC(O)[C@@]2(F)C1C[C@H](F)C1=CC(=O)C=CC12C. The average Bonchev–Trinajstić information content (AvgIpc) is 3.59. The number of carbonyl (C=O) groups is 5. The topological polar surface area (TPSA) is 190 Å². The zero-order chi connectivity index (χ0) is 45.4. The molecule has 3 amide bonds. The van der Waals surface area contributed by atoms with E-state index >= 15 is 8.78 Å². The van der Waals surface area contributed by atoms with Crippen LogP contribution in [0.5, 0.6) is 0 Å². The summed E-state index contributed by atoms with van der Waals surface area (Å²) in [5, 5.41) is 29.2. The summed E-state index contributed by atoms with van der Waals surface area (Å²) < 4.78 is 51.6. The van der Waals surface area contributed by atoms with Gasteiger partial charge in [0, 0.05) is 22.6 Å². The first-order valence-corrected chi connectivity index (χ1v) is 21.4. The average molecular weight is 864 g/mol. The lowest BCUT2D eigenvalue weighted by atomic mass is 9.48. The Hall–Kier alpha value is -4.83. The first-order chi connectivity index (χ1) is 29.1. The molecule has 6 rings (SSSR count). The van der Waals surface area contributed by atoms with Crippen molar-refractivity contribution in [2.45, 2.75) is 141 Å². The van der Waals surface area contributed by atoms with Crippen molar-refractivity contribution < 1.29 is 57.2 Å². The third-order valence-electron chi connectivity index (χ3n) is 13.0. The Morgan fingerprint density at radius 2 is 1.69 bits per heavy atom. The second-order valence-electron chi connectivity index (χ2n) is 18.3. The largest absolute Gasteiger partial charge is 0.444 e. The van der Waals surface area contributed by atoms with Gasteiger partial charge in [-0.1, -0.05) is 49.4 Å². The lowest BCUT2D eigenvalue weighted by Crippen LogP contribution is -2.65. The lowest BCUT2D eigenvalue weighted by molar-refractivity contribution is -0.173. The number of fused-ring (bicyclic) bond motifs is 3. The van der Waals surface area contributed by atoms with Crippen LogP contribution in [0.25, 0.3) is 0 Å². The van der Waals surface area contributed by atoms with Crippen LogP contribution in [0.2, 0.25) is 0 Å². The fraction of sp³-hybridized carbons (Fsp3) is 0.553. The highest BCUT2D eigenvalue weighted by molar-refractivity contribution is 6.01. The molecule has 4 aliphatic rings. The minimum atomic E-state index is -2.28. The van der Waals surface area contributed by atoms with E-state index in [1.165, 1.54) is 32.9 Å². The van der Waals surface area contributed by atoms with Crippen molar-refractivity contribution in [3.8, 4) is 0 Å². The van der Waals surface area contributed by atoms with Crippen molar-refractivity contribution in [1.29, 1.82) is 0 Å². The van der Waals surface area contributed by atoms with Gasteiger partial charge < -0.3 is 40.4 Å². The van der Waals surface area contributed by atoms with E-state index < -0.39 is 107 Å². The quantitative estimate of drug-likeness (QED) is 0.158. The first-order valence-electron chi connectivity index (χ1n) is 21.4. The molecule has 3 fully saturated rings. The van der Waals surface area contributed by atoms with Crippen molar-refractivity contribution in [2.24, 2.45) is 17.3 Å². The summed E-state index contributed by atoms with van der Waals surface area (Å²) in [4.78, 5) is 63.4. The van der Waals surface area contributed by atoms with Gasteiger partial charge >= 0.3 is 6.09 Å². The Bertz CT molecular complexity index is 2100. The molecule has 13 nitrogen and oxygen atoms in total. The molecule has 0 spiro atoms. The standard InChI is InChI=1S/C47H59F2N3O10/c1-8-46(38(56)25-53)39(22-31-16-17-37(55)47(49)34(31)24-36(48)35-23-33(54)18-19-45(35,47)7)60-42(61-46)30-14-12-28(13-15-30)20-29-10-9-11-32(21-29)52-41(58)26(2)50-40(57)27(3)51-43(59)62-44(4,5)6/h9-15,18-19,21,23,26-27,31,34,36-37,39,42,53,55H,8,16-17,20,22,24-25H2,1-7H3,(H,50,57)(H,51,59)(H,52,58)/t26-,27-,31-,34?,36-,37?,39+,42?,45?,46+,47-/m0/s1. The number of anilines is 1. The van der Waals surface area contributed by atoms with Crippen LogP contribution < -0.4 is 16.0 Å². The van der Waals surface area contributed by atoms with Crippen LogP contribution in [0, 0.1) is 17.3 Å². The molecule has 2 aromatic rings. The summed E-state index contributed by atoms with van der Waals surface area (Å²) in [6, 6.07) is 12.7. The zero-order valence-corrected chi connectivity index (χ0v) is 36.3. The molecule has 0 radical (unpaired) electrons. The molecule has 62 heavy (non-hydrogen) atoms. The minimum absolute atomic E-state index is 0.0283. The number of hydrogen-bond donors (Lipinski definition) is 5. The smallest absolute Gasteiger partial charge is 0.408 e. The third kappa shape index (κ3) is 9.27. The molecule has 11 atom stereocenters. The molecule has 1 heterocycles. The summed E-state index contributed by atoms with van der Waals surface area (Å²) in [7, 11) is 0. The van der Waals surface area contributed by atoms with E-state index in [9.17, 15) is 34.2 Å². The summed E-state index contributed by atoms with van der Waals surface area (Å²) in [5.41, 5.74) is -3.20. The predicted molar refractivity (Wildman–Crippen MR) is 225 cm³/mol. The van der Waals surface area contributed by atoms with Gasteiger partial charge in [-0.05, 0) is 127 Å². The van der Waals surface area contributed by atoms with Crippen LogP contribution in [-0.4, -0.2) is 93.6 Å². The fourth-order valence-electron chi connectivity index (χ4n) is 9.66. The van der Waals surface area contributed by atoms with Crippen LogP contribution in [0.3, 0.4) is 0 Å². The first kappa shape index (κ1) is 46.7. The van der Waals surface area contributed by atoms with Gasteiger partial charge in [0.25, 0.3) is 0 Å². The van der Waals surface area contributed by atoms with E-state index in [1.807, 2.05) is 36.4 Å². The Balaban J connectivity index is 1.11. The fourth-order valence-corrected chi connectivity index (χ4v) is 9.66. The van der Waals surface area contributed by atoms with E-state index in [0.717, 1.165) is 17.2 Å². The molecule has 2 saturated carbocycles. The van der Waals surface area contributed by atoms with Crippen molar-refractivity contribution in [2.75, 3.05) is 11.9 Å². The number of alkyl carbamates (subject to hydrolysis) is 1. The number of aliphatic hydroxyl groups excluding tert-OH is 2. The van der Waals surface area contributed by atoms with Gasteiger partial charge in [0.1, 0.15) is 30.5 Å². The summed E-state index contributed by atoms with van der Waals surface area (Å²) in [5.74, 6) is -3.50. The maximum Gasteiger partial charge on any atom is 0.408 e. The summed E-state index contributed by atoms with van der Waals surface area (Å²) in [6.45, 7) is 10.6. The molecule has 336 valence electrons. The number of nitrogens with one attached hydrogen (secondary N) is 3. The Kier molecular flexibility index (Phi) is 13.6. The second-order valence-corrected chi connectivity index (χ2v) is 18.3.